The molecule has 9 nitrogen and oxygen atoms in total. The van der Waals surface area contributed by atoms with Crippen LogP contribution in [0.3, 0.4) is 0 Å². The molecule has 33 heavy (non-hydrogen) atoms. The highest BCUT2D eigenvalue weighted by molar-refractivity contribution is 6.08. The first-order chi connectivity index (χ1) is 16.2. The summed E-state index contributed by atoms with van der Waals surface area (Å²) in [6.07, 6.45) is 2.83. The molecule has 9 heteroatoms. The molecule has 1 fully saturated rings. The molecule has 1 aromatic carbocycles. The van der Waals surface area contributed by atoms with Gasteiger partial charge in [-0.1, -0.05) is 0 Å². The summed E-state index contributed by atoms with van der Waals surface area (Å²) in [4.78, 5) is 15.4. The molecule has 1 saturated heterocycles. The van der Waals surface area contributed by atoms with E-state index in [2.05, 4.69) is 33.0 Å². The van der Waals surface area contributed by atoms with Crippen molar-refractivity contribution in [1.29, 1.82) is 0 Å². The quantitative estimate of drug-likeness (QED) is 0.398. The molecule has 0 aliphatic carbocycles. The molecule has 4 heterocycles. The van der Waals surface area contributed by atoms with Crippen molar-refractivity contribution in [3.8, 4) is 17.3 Å². The molecule has 3 N–H and O–H groups in total. The topological polar surface area (TPSA) is 107 Å². The summed E-state index contributed by atoms with van der Waals surface area (Å²) in [5, 5.41) is 6.51. The van der Waals surface area contributed by atoms with Gasteiger partial charge in [0.1, 0.15) is 17.1 Å². The fraction of sp³-hybridized carbons (Fsp3) is 0.458. The predicted molar refractivity (Wildman–Crippen MR) is 128 cm³/mol. The average molecular weight is 450 g/mol. The number of fused-ring (bicyclic) bond motifs is 3. The number of aromatic amines is 1. The molecule has 0 saturated carbocycles. The molecule has 1 aliphatic rings. The summed E-state index contributed by atoms with van der Waals surface area (Å²) in [5.74, 6) is 1.47. The second kappa shape index (κ2) is 9.46. The SMILES string of the molecule is CCn1nc(C)cc1-c1ncc2c(n1)[nH]c1c(OCCCN3CCOCC3)cc(CN)cc12. The Balaban J connectivity index is 1.43. The van der Waals surface area contributed by atoms with Crippen molar-refractivity contribution in [2.75, 3.05) is 39.5 Å². The van der Waals surface area contributed by atoms with Gasteiger partial charge < -0.3 is 20.2 Å². The van der Waals surface area contributed by atoms with Crippen LogP contribution in [0.4, 0.5) is 0 Å². The van der Waals surface area contributed by atoms with Crippen molar-refractivity contribution in [2.45, 2.75) is 33.4 Å². The van der Waals surface area contributed by atoms with Crippen molar-refractivity contribution in [3.63, 3.8) is 0 Å². The Kier molecular flexibility index (Phi) is 6.26. The largest absolute Gasteiger partial charge is 0.491 e. The number of ether oxygens (including phenoxy) is 2. The van der Waals surface area contributed by atoms with E-state index in [1.165, 1.54) is 0 Å². The van der Waals surface area contributed by atoms with Crippen LogP contribution in [0, 0.1) is 6.92 Å². The Hall–Kier alpha value is -3.01. The number of hydrogen-bond acceptors (Lipinski definition) is 7. The van der Waals surface area contributed by atoms with Crippen LogP contribution in [-0.4, -0.2) is 69.1 Å². The standard InChI is InChI=1S/C24H31N7O2/c1-3-31-20(11-16(2)29-31)24-26-15-19-18-12-17(14-25)13-21(22(18)27-23(19)28-24)33-8-4-5-30-6-9-32-10-7-30/h11-13,15H,3-10,14,25H2,1-2H3,(H,26,27,28). The van der Waals surface area contributed by atoms with Gasteiger partial charge in [-0.05, 0) is 44.0 Å². The van der Waals surface area contributed by atoms with Gasteiger partial charge in [0, 0.05) is 49.7 Å². The van der Waals surface area contributed by atoms with Crippen molar-refractivity contribution in [2.24, 2.45) is 5.73 Å². The minimum atomic E-state index is 0.445. The van der Waals surface area contributed by atoms with Crippen LogP contribution in [0.2, 0.25) is 0 Å². The van der Waals surface area contributed by atoms with Crippen molar-refractivity contribution in [1.82, 2.24) is 29.6 Å². The van der Waals surface area contributed by atoms with Crippen LogP contribution < -0.4 is 10.5 Å². The van der Waals surface area contributed by atoms with E-state index in [4.69, 9.17) is 20.2 Å². The maximum absolute atomic E-state index is 6.23. The van der Waals surface area contributed by atoms with Gasteiger partial charge in [-0.2, -0.15) is 5.10 Å². The number of morpholine rings is 1. The van der Waals surface area contributed by atoms with E-state index in [0.29, 0.717) is 19.0 Å². The molecule has 174 valence electrons. The zero-order chi connectivity index (χ0) is 22.8. The Morgan fingerprint density at radius 3 is 2.82 bits per heavy atom. The average Bonchev–Trinajstić information content (AvgIpc) is 3.41. The second-order valence-corrected chi connectivity index (χ2v) is 8.44. The summed E-state index contributed by atoms with van der Waals surface area (Å²) in [7, 11) is 0. The number of nitrogens with two attached hydrogens (primary N) is 1. The smallest absolute Gasteiger partial charge is 0.179 e. The first-order valence-electron chi connectivity index (χ1n) is 11.7. The van der Waals surface area contributed by atoms with Gasteiger partial charge >= 0.3 is 0 Å². The van der Waals surface area contributed by atoms with Crippen LogP contribution in [0.5, 0.6) is 5.75 Å². The second-order valence-electron chi connectivity index (χ2n) is 8.44. The molecule has 0 radical (unpaired) electrons. The van der Waals surface area contributed by atoms with E-state index in [1.807, 2.05) is 29.9 Å². The Morgan fingerprint density at radius 2 is 2.03 bits per heavy atom. The normalized spacial score (nSPS) is 15.0. The van der Waals surface area contributed by atoms with Crippen molar-refractivity contribution < 1.29 is 9.47 Å². The molecule has 0 spiro atoms. The maximum atomic E-state index is 6.23. The van der Waals surface area contributed by atoms with Gasteiger partial charge in [-0.3, -0.25) is 9.58 Å². The van der Waals surface area contributed by atoms with E-state index in [-0.39, 0.29) is 0 Å². The minimum absolute atomic E-state index is 0.445. The molecule has 4 aromatic rings. The monoisotopic (exact) mass is 449 g/mol. The minimum Gasteiger partial charge on any atom is -0.491 e. The Labute approximate surface area is 192 Å². The number of nitrogens with one attached hydrogen (secondary N) is 1. The fourth-order valence-electron chi connectivity index (χ4n) is 4.42. The van der Waals surface area contributed by atoms with E-state index in [1.54, 1.807) is 0 Å². The van der Waals surface area contributed by atoms with Crippen LogP contribution in [-0.2, 0) is 17.8 Å². The van der Waals surface area contributed by atoms with Crippen molar-refractivity contribution >= 4 is 21.9 Å². The Bertz CT molecular complexity index is 1260. The summed E-state index contributed by atoms with van der Waals surface area (Å²) >= 11 is 0. The van der Waals surface area contributed by atoms with Crippen LogP contribution in [0.1, 0.15) is 24.6 Å². The van der Waals surface area contributed by atoms with Gasteiger partial charge in [0.15, 0.2) is 5.82 Å². The van der Waals surface area contributed by atoms with Crippen molar-refractivity contribution in [3.05, 3.63) is 35.7 Å². The molecule has 0 unspecified atom stereocenters. The van der Waals surface area contributed by atoms with Crippen LogP contribution >= 0.6 is 0 Å². The number of aromatic nitrogens is 5. The van der Waals surface area contributed by atoms with Gasteiger partial charge in [-0.25, -0.2) is 9.97 Å². The van der Waals surface area contributed by atoms with Gasteiger partial charge in [0.25, 0.3) is 0 Å². The van der Waals surface area contributed by atoms with E-state index in [0.717, 1.165) is 90.5 Å². The lowest BCUT2D eigenvalue weighted by atomic mass is 10.1. The molecular formula is C24H31N7O2. The molecule has 1 aliphatic heterocycles. The fourth-order valence-corrected chi connectivity index (χ4v) is 4.42. The zero-order valence-corrected chi connectivity index (χ0v) is 19.3. The lowest BCUT2D eigenvalue weighted by Crippen LogP contribution is -2.37. The first-order valence-corrected chi connectivity index (χ1v) is 11.7. The van der Waals surface area contributed by atoms with E-state index < -0.39 is 0 Å². The molecule has 5 rings (SSSR count). The summed E-state index contributed by atoms with van der Waals surface area (Å²) in [5.41, 5.74) is 10.6. The Morgan fingerprint density at radius 1 is 1.18 bits per heavy atom. The zero-order valence-electron chi connectivity index (χ0n) is 19.3. The lowest BCUT2D eigenvalue weighted by Gasteiger charge is -2.26. The molecule has 3 aromatic heterocycles. The summed E-state index contributed by atoms with van der Waals surface area (Å²) in [6, 6.07) is 6.14. The highest BCUT2D eigenvalue weighted by Crippen LogP contribution is 2.33. The number of hydrogen-bond donors (Lipinski definition) is 2. The number of rotatable bonds is 8. The van der Waals surface area contributed by atoms with Gasteiger partial charge in [-0.15, -0.1) is 0 Å². The maximum Gasteiger partial charge on any atom is 0.179 e. The number of nitrogens with zero attached hydrogens (tertiary/aromatic N) is 5. The molecule has 0 amide bonds. The molecular weight excluding hydrogens is 418 g/mol. The van der Waals surface area contributed by atoms with Crippen LogP contribution in [0.25, 0.3) is 33.5 Å². The number of benzene rings is 1. The predicted octanol–water partition coefficient (Wildman–Crippen LogP) is 2.86. The molecule has 0 bridgehead atoms. The van der Waals surface area contributed by atoms with Crippen LogP contribution in [0.15, 0.2) is 24.4 Å². The number of H-pyrrole nitrogens is 1. The summed E-state index contributed by atoms with van der Waals surface area (Å²) < 4.78 is 13.6. The first kappa shape index (κ1) is 21.8. The van der Waals surface area contributed by atoms with E-state index in [9.17, 15) is 0 Å². The van der Waals surface area contributed by atoms with E-state index >= 15 is 0 Å². The van der Waals surface area contributed by atoms with Gasteiger partial charge in [0.2, 0.25) is 0 Å². The lowest BCUT2D eigenvalue weighted by molar-refractivity contribution is 0.0358. The third-order valence-electron chi connectivity index (χ3n) is 6.13. The third-order valence-corrected chi connectivity index (χ3v) is 6.13. The number of aryl methyl sites for hydroxylation is 2. The highest BCUT2D eigenvalue weighted by Gasteiger charge is 2.16. The highest BCUT2D eigenvalue weighted by atomic mass is 16.5. The third kappa shape index (κ3) is 4.44. The summed E-state index contributed by atoms with van der Waals surface area (Å²) in [6.45, 7) is 10.5. The molecule has 0 atom stereocenters. The van der Waals surface area contributed by atoms with Gasteiger partial charge in [0.05, 0.1) is 31.0 Å².